The first-order valence-corrected chi connectivity index (χ1v) is 16.2. The summed E-state index contributed by atoms with van der Waals surface area (Å²) in [6, 6.07) is 18.4. The Kier molecular flexibility index (Phi) is 9.26. The van der Waals surface area contributed by atoms with E-state index in [1.54, 1.807) is 28.9 Å². The zero-order valence-electron chi connectivity index (χ0n) is 27.7. The molecule has 3 aromatic heterocycles. The van der Waals surface area contributed by atoms with Crippen LogP contribution in [0.3, 0.4) is 0 Å². The van der Waals surface area contributed by atoms with Crippen molar-refractivity contribution in [3.05, 3.63) is 107 Å². The molecule has 0 radical (unpaired) electrons. The van der Waals surface area contributed by atoms with E-state index >= 15 is 0 Å². The second-order valence-corrected chi connectivity index (χ2v) is 13.5. The van der Waals surface area contributed by atoms with Gasteiger partial charge in [0.2, 0.25) is 0 Å². The molecule has 0 bridgehead atoms. The Morgan fingerprint density at radius 3 is 2.39 bits per heavy atom. The predicted octanol–water partition coefficient (Wildman–Crippen LogP) is 8.05. The Hall–Kier alpha value is -5.10. The Bertz CT molecular complexity index is 1990. The number of nitrogens with zero attached hydrogens (tertiary/aromatic N) is 4. The number of benzene rings is 2. The molecule has 0 spiro atoms. The average Bonchev–Trinajstić information content (AvgIpc) is 3.49. The quantitative estimate of drug-likeness (QED) is 0.151. The summed E-state index contributed by atoms with van der Waals surface area (Å²) in [6.45, 7) is 9.35. The van der Waals surface area contributed by atoms with Crippen LogP contribution in [0.2, 0.25) is 0 Å². The number of alkyl halides is 3. The first-order valence-electron chi connectivity index (χ1n) is 16.2. The van der Waals surface area contributed by atoms with Gasteiger partial charge >= 0.3 is 12.2 Å². The van der Waals surface area contributed by atoms with Crippen LogP contribution in [0, 0.1) is 12.8 Å². The summed E-state index contributed by atoms with van der Waals surface area (Å²) in [5.41, 5.74) is 1.65. The van der Waals surface area contributed by atoms with E-state index < -0.39 is 35.2 Å². The number of halogens is 3. The number of ketones is 1. The van der Waals surface area contributed by atoms with Crippen molar-refractivity contribution in [1.82, 2.24) is 25.1 Å². The van der Waals surface area contributed by atoms with Gasteiger partial charge in [0.15, 0.2) is 11.5 Å². The summed E-state index contributed by atoms with van der Waals surface area (Å²) < 4.78 is 44.7. The van der Waals surface area contributed by atoms with Crippen LogP contribution in [0.4, 0.5) is 29.5 Å². The highest BCUT2D eigenvalue weighted by Crippen LogP contribution is 2.39. The van der Waals surface area contributed by atoms with Crippen molar-refractivity contribution in [3.8, 4) is 5.69 Å². The van der Waals surface area contributed by atoms with Gasteiger partial charge in [-0.1, -0.05) is 50.6 Å². The summed E-state index contributed by atoms with van der Waals surface area (Å²) >= 11 is 0. The number of carbonyl (C=O) groups excluding carboxylic acids is 2. The molecule has 12 heteroatoms. The van der Waals surface area contributed by atoms with E-state index in [9.17, 15) is 22.8 Å². The zero-order valence-corrected chi connectivity index (χ0v) is 27.7. The molecule has 5 aromatic rings. The second-order valence-electron chi connectivity index (χ2n) is 13.5. The van der Waals surface area contributed by atoms with Gasteiger partial charge in [-0.15, -0.1) is 0 Å². The first kappa shape index (κ1) is 33.8. The van der Waals surface area contributed by atoms with Gasteiger partial charge in [-0.05, 0) is 80.7 Å². The normalized spacial score (nSPS) is 14.8. The number of piperidine rings is 1. The number of hydrogen-bond acceptors (Lipinski definition) is 6. The van der Waals surface area contributed by atoms with E-state index in [0.29, 0.717) is 48.4 Å². The number of carbonyl (C=O) groups is 2. The smallest absolute Gasteiger partial charge is 0.317 e. The average molecular weight is 670 g/mol. The fourth-order valence-electron chi connectivity index (χ4n) is 6.21. The number of nitrogens with one attached hydrogen (secondary N) is 3. The third-order valence-corrected chi connectivity index (χ3v) is 8.79. The third kappa shape index (κ3) is 7.49. The van der Waals surface area contributed by atoms with Gasteiger partial charge in [0.05, 0.1) is 22.8 Å². The predicted molar refractivity (Wildman–Crippen MR) is 183 cm³/mol. The van der Waals surface area contributed by atoms with Crippen molar-refractivity contribution in [2.45, 2.75) is 58.0 Å². The van der Waals surface area contributed by atoms with E-state index in [2.05, 4.69) is 25.9 Å². The Morgan fingerprint density at radius 2 is 1.69 bits per heavy atom. The fraction of sp³-hybridized carbons (Fsp3) is 0.324. The summed E-state index contributed by atoms with van der Waals surface area (Å²) in [6.07, 6.45) is -0.893. The summed E-state index contributed by atoms with van der Waals surface area (Å²) in [4.78, 5) is 35.6. The van der Waals surface area contributed by atoms with Gasteiger partial charge in [-0.2, -0.15) is 18.3 Å². The third-order valence-electron chi connectivity index (χ3n) is 8.79. The molecule has 2 aromatic carbocycles. The highest BCUT2D eigenvalue weighted by atomic mass is 19.4. The molecule has 1 fully saturated rings. The van der Waals surface area contributed by atoms with Crippen molar-refractivity contribution in [3.63, 3.8) is 0 Å². The van der Waals surface area contributed by atoms with E-state index in [0.717, 1.165) is 16.9 Å². The molecule has 1 atom stereocenters. The molecule has 1 aliphatic rings. The lowest BCUT2D eigenvalue weighted by Gasteiger charge is -2.31. The van der Waals surface area contributed by atoms with Crippen molar-refractivity contribution < 1.29 is 22.8 Å². The van der Waals surface area contributed by atoms with Crippen LogP contribution in [0.15, 0.2) is 79.1 Å². The topological polar surface area (TPSA) is 114 Å². The first-order chi connectivity index (χ1) is 23.3. The lowest BCUT2D eigenvalue weighted by Crippen LogP contribution is -2.34. The number of hydrogen-bond donors (Lipinski definition) is 3. The van der Waals surface area contributed by atoms with Crippen LogP contribution in [0.25, 0.3) is 16.6 Å². The number of rotatable bonds is 7. The highest BCUT2D eigenvalue weighted by Gasteiger charge is 2.41. The molecule has 9 nitrogen and oxygen atoms in total. The molecule has 49 heavy (non-hydrogen) atoms. The number of pyridine rings is 2. The summed E-state index contributed by atoms with van der Waals surface area (Å²) in [5.74, 6) is -1.34. The van der Waals surface area contributed by atoms with Crippen LogP contribution >= 0.6 is 0 Å². The second kappa shape index (κ2) is 13.4. The van der Waals surface area contributed by atoms with Gasteiger partial charge in [0, 0.05) is 40.5 Å². The van der Waals surface area contributed by atoms with Crippen LogP contribution < -0.4 is 16.0 Å². The lowest BCUT2D eigenvalue weighted by atomic mass is 9.76. The van der Waals surface area contributed by atoms with Crippen molar-refractivity contribution in [2.75, 3.05) is 23.7 Å². The van der Waals surface area contributed by atoms with Crippen LogP contribution in [0.1, 0.15) is 72.4 Å². The molecule has 0 saturated carbocycles. The molecule has 0 aliphatic carbocycles. The molecule has 1 aliphatic heterocycles. The maximum atomic E-state index is 14.4. The van der Waals surface area contributed by atoms with Crippen molar-refractivity contribution in [1.29, 1.82) is 0 Å². The Balaban J connectivity index is 1.32. The molecule has 6 rings (SSSR count). The molecule has 2 amide bonds. The maximum Gasteiger partial charge on any atom is 0.434 e. The van der Waals surface area contributed by atoms with Crippen LogP contribution in [0.5, 0.6) is 0 Å². The SMILES string of the molecule is Cc1ccc(-n2nc(C(C)(C)C)cc2NC(=O)Nc2cccc(C(C(=O)c3cc4cnccc4nc3C(F)(F)F)C3CCNCC3)c2)cc1. The van der Waals surface area contributed by atoms with Crippen molar-refractivity contribution in [2.24, 2.45) is 5.92 Å². The van der Waals surface area contributed by atoms with E-state index in [-0.39, 0.29) is 16.8 Å². The molecule has 1 unspecified atom stereocenters. The number of anilines is 2. The molecular formula is C37H38F3N7O2. The molecule has 254 valence electrons. The summed E-state index contributed by atoms with van der Waals surface area (Å²) in [7, 11) is 0. The van der Waals surface area contributed by atoms with Crippen molar-refractivity contribution >= 4 is 34.2 Å². The number of aryl methyl sites for hydroxylation is 1. The fourth-order valence-corrected chi connectivity index (χ4v) is 6.21. The number of aromatic nitrogens is 4. The van der Waals surface area contributed by atoms with Gasteiger partial charge in [-0.3, -0.25) is 15.1 Å². The maximum absolute atomic E-state index is 14.4. The lowest BCUT2D eigenvalue weighted by molar-refractivity contribution is -0.141. The number of fused-ring (bicyclic) bond motifs is 1. The molecule has 3 N–H and O–H groups in total. The standard InChI is InChI=1S/C37H38F3N7O2/c1-22-8-10-27(11-9-22)47-31(20-30(46-47)36(2,3)4)45-35(49)43-26-7-5-6-24(18-26)32(23-12-15-41-16-13-23)33(48)28-19-25-21-42-17-14-29(25)44-34(28)37(38,39)40/h5-11,14,17-21,23,32,41H,12-13,15-16H2,1-4H3,(H2,43,45,49). The molecule has 4 heterocycles. The van der Waals surface area contributed by atoms with Gasteiger partial charge in [0.25, 0.3) is 0 Å². The largest absolute Gasteiger partial charge is 0.434 e. The summed E-state index contributed by atoms with van der Waals surface area (Å²) in [5, 5.41) is 14.1. The van der Waals surface area contributed by atoms with Gasteiger partial charge < -0.3 is 10.6 Å². The minimum atomic E-state index is -4.85. The molecule has 1 saturated heterocycles. The Labute approximate surface area is 282 Å². The Morgan fingerprint density at radius 1 is 0.959 bits per heavy atom. The minimum Gasteiger partial charge on any atom is -0.317 e. The van der Waals surface area contributed by atoms with Crippen LogP contribution in [-0.4, -0.2) is 44.7 Å². The number of amides is 2. The van der Waals surface area contributed by atoms with Gasteiger partial charge in [-0.25, -0.2) is 14.5 Å². The van der Waals surface area contributed by atoms with Gasteiger partial charge in [0.1, 0.15) is 5.82 Å². The minimum absolute atomic E-state index is 0.104. The van der Waals surface area contributed by atoms with E-state index in [4.69, 9.17) is 5.10 Å². The van der Waals surface area contributed by atoms with E-state index in [1.165, 1.54) is 24.5 Å². The number of Topliss-reactive ketones (excluding diaryl/α,β-unsaturated/α-hetero) is 1. The zero-order chi connectivity index (χ0) is 34.9. The number of urea groups is 1. The monoisotopic (exact) mass is 669 g/mol. The highest BCUT2D eigenvalue weighted by molar-refractivity contribution is 6.05. The van der Waals surface area contributed by atoms with E-state index in [1.807, 2.05) is 58.0 Å². The van der Waals surface area contributed by atoms with Crippen LogP contribution in [-0.2, 0) is 11.6 Å². The molecular weight excluding hydrogens is 631 g/mol.